The highest BCUT2D eigenvalue weighted by Crippen LogP contribution is 2.13. The molecule has 3 rings (SSSR count). The summed E-state index contributed by atoms with van der Waals surface area (Å²) in [5.41, 5.74) is 0. The fourth-order valence-electron chi connectivity index (χ4n) is 3.38. The monoisotopic (exact) mass is 288 g/mol. The molecular formula is C17H28N4. The molecule has 0 bridgehead atoms. The molecule has 0 saturated carbocycles. The van der Waals surface area contributed by atoms with Crippen molar-refractivity contribution in [2.75, 3.05) is 57.3 Å². The molecule has 2 aliphatic rings. The first-order valence-electron chi connectivity index (χ1n) is 8.52. The largest absolute Gasteiger partial charge is 0.354 e. The molecule has 2 fully saturated rings. The fraction of sp³-hybridized carbons (Fsp3) is 0.706. The SMILES string of the molecule is c1ccc(N2CCN(CCN3CCCCCC3)CC2)nc1. The van der Waals surface area contributed by atoms with E-state index in [-0.39, 0.29) is 0 Å². The molecule has 1 aromatic heterocycles. The molecule has 2 saturated heterocycles. The summed E-state index contributed by atoms with van der Waals surface area (Å²) in [6.07, 6.45) is 7.54. The highest BCUT2D eigenvalue weighted by molar-refractivity contribution is 5.38. The maximum atomic E-state index is 4.46. The number of hydrogen-bond acceptors (Lipinski definition) is 4. The van der Waals surface area contributed by atoms with Gasteiger partial charge in [0.1, 0.15) is 5.82 Å². The van der Waals surface area contributed by atoms with Crippen LogP contribution in [0, 0.1) is 0 Å². The van der Waals surface area contributed by atoms with E-state index in [1.807, 2.05) is 12.3 Å². The second-order valence-electron chi connectivity index (χ2n) is 6.27. The van der Waals surface area contributed by atoms with Crippen LogP contribution in [0.3, 0.4) is 0 Å². The third-order valence-electron chi connectivity index (χ3n) is 4.78. The first-order valence-corrected chi connectivity index (χ1v) is 8.52. The Morgan fingerprint density at radius 3 is 2.05 bits per heavy atom. The predicted octanol–water partition coefficient (Wildman–Crippen LogP) is 2.08. The van der Waals surface area contributed by atoms with E-state index < -0.39 is 0 Å². The Labute approximate surface area is 128 Å². The molecule has 0 radical (unpaired) electrons. The quantitative estimate of drug-likeness (QED) is 0.846. The van der Waals surface area contributed by atoms with Gasteiger partial charge in [-0.25, -0.2) is 4.98 Å². The molecular weight excluding hydrogens is 260 g/mol. The van der Waals surface area contributed by atoms with Crippen LogP contribution in [0.4, 0.5) is 5.82 Å². The number of piperazine rings is 1. The van der Waals surface area contributed by atoms with Crippen LogP contribution in [0.1, 0.15) is 25.7 Å². The van der Waals surface area contributed by atoms with Crippen molar-refractivity contribution in [3.05, 3.63) is 24.4 Å². The molecule has 0 aromatic carbocycles. The fourth-order valence-corrected chi connectivity index (χ4v) is 3.38. The van der Waals surface area contributed by atoms with Gasteiger partial charge in [0.25, 0.3) is 0 Å². The third kappa shape index (κ3) is 4.42. The van der Waals surface area contributed by atoms with Gasteiger partial charge in [0.05, 0.1) is 0 Å². The van der Waals surface area contributed by atoms with E-state index >= 15 is 0 Å². The van der Waals surface area contributed by atoms with E-state index in [2.05, 4.69) is 31.8 Å². The zero-order valence-electron chi connectivity index (χ0n) is 13.1. The van der Waals surface area contributed by atoms with Gasteiger partial charge in [0.15, 0.2) is 0 Å². The highest BCUT2D eigenvalue weighted by atomic mass is 15.3. The van der Waals surface area contributed by atoms with Crippen molar-refractivity contribution >= 4 is 5.82 Å². The number of anilines is 1. The van der Waals surface area contributed by atoms with Crippen molar-refractivity contribution in [3.63, 3.8) is 0 Å². The normalized spacial score (nSPS) is 22.2. The second kappa shape index (κ2) is 7.76. The van der Waals surface area contributed by atoms with Crippen molar-refractivity contribution in [2.45, 2.75) is 25.7 Å². The summed E-state index contributed by atoms with van der Waals surface area (Å²) >= 11 is 0. The Morgan fingerprint density at radius 2 is 1.43 bits per heavy atom. The van der Waals surface area contributed by atoms with Crippen LogP contribution < -0.4 is 4.90 Å². The molecule has 4 heteroatoms. The van der Waals surface area contributed by atoms with Crippen molar-refractivity contribution in [2.24, 2.45) is 0 Å². The lowest BCUT2D eigenvalue weighted by Gasteiger charge is -2.36. The summed E-state index contributed by atoms with van der Waals surface area (Å²) in [6, 6.07) is 6.18. The molecule has 0 atom stereocenters. The van der Waals surface area contributed by atoms with Gasteiger partial charge in [-0.15, -0.1) is 0 Å². The van der Waals surface area contributed by atoms with Gasteiger partial charge in [0, 0.05) is 45.5 Å². The second-order valence-corrected chi connectivity index (χ2v) is 6.27. The van der Waals surface area contributed by atoms with Crippen LogP contribution in [0.2, 0.25) is 0 Å². The maximum absolute atomic E-state index is 4.46. The van der Waals surface area contributed by atoms with Crippen molar-refractivity contribution in [3.8, 4) is 0 Å². The van der Waals surface area contributed by atoms with E-state index in [0.717, 1.165) is 18.9 Å². The Balaban J connectivity index is 1.39. The molecule has 21 heavy (non-hydrogen) atoms. The van der Waals surface area contributed by atoms with Gasteiger partial charge in [-0.3, -0.25) is 4.90 Å². The molecule has 0 spiro atoms. The van der Waals surface area contributed by atoms with E-state index in [0.29, 0.717) is 0 Å². The first kappa shape index (κ1) is 14.8. The zero-order chi connectivity index (χ0) is 14.3. The summed E-state index contributed by atoms with van der Waals surface area (Å²) in [4.78, 5) is 12.1. The number of aromatic nitrogens is 1. The summed E-state index contributed by atoms with van der Waals surface area (Å²) < 4.78 is 0. The van der Waals surface area contributed by atoms with Crippen LogP contribution >= 0.6 is 0 Å². The minimum atomic E-state index is 1.11. The zero-order valence-corrected chi connectivity index (χ0v) is 13.1. The summed E-state index contributed by atoms with van der Waals surface area (Å²) in [6.45, 7) is 9.67. The molecule has 1 aromatic rings. The molecule has 3 heterocycles. The van der Waals surface area contributed by atoms with E-state index in [9.17, 15) is 0 Å². The average molecular weight is 288 g/mol. The first-order chi connectivity index (χ1) is 10.4. The van der Waals surface area contributed by atoms with Gasteiger partial charge in [0.2, 0.25) is 0 Å². The van der Waals surface area contributed by atoms with Gasteiger partial charge in [-0.1, -0.05) is 18.9 Å². The van der Waals surface area contributed by atoms with Crippen LogP contribution in [-0.2, 0) is 0 Å². The number of rotatable bonds is 4. The van der Waals surface area contributed by atoms with Crippen LogP contribution in [0.5, 0.6) is 0 Å². The number of hydrogen-bond donors (Lipinski definition) is 0. The van der Waals surface area contributed by atoms with E-state index in [4.69, 9.17) is 0 Å². The molecule has 116 valence electrons. The lowest BCUT2D eigenvalue weighted by molar-refractivity contribution is 0.199. The molecule has 0 unspecified atom stereocenters. The van der Waals surface area contributed by atoms with E-state index in [1.165, 1.54) is 65.0 Å². The standard InChI is InChI=1S/C17H28N4/c1-2-6-10-19(9-5-1)11-12-20-13-15-21(16-14-20)17-7-3-4-8-18-17/h3-4,7-8H,1-2,5-6,9-16H2. The Morgan fingerprint density at radius 1 is 0.762 bits per heavy atom. The van der Waals surface area contributed by atoms with Gasteiger partial charge in [-0.2, -0.15) is 0 Å². The molecule has 0 amide bonds. The maximum Gasteiger partial charge on any atom is 0.128 e. The Hall–Kier alpha value is -1.13. The van der Waals surface area contributed by atoms with Crippen molar-refractivity contribution < 1.29 is 0 Å². The van der Waals surface area contributed by atoms with Crippen molar-refractivity contribution in [1.82, 2.24) is 14.8 Å². The summed E-state index contributed by atoms with van der Waals surface area (Å²) in [5.74, 6) is 1.13. The average Bonchev–Trinajstić information content (AvgIpc) is 2.83. The predicted molar refractivity (Wildman–Crippen MR) is 87.8 cm³/mol. The molecule has 0 aliphatic carbocycles. The van der Waals surface area contributed by atoms with Gasteiger partial charge < -0.3 is 9.80 Å². The van der Waals surface area contributed by atoms with Crippen LogP contribution in [0.25, 0.3) is 0 Å². The van der Waals surface area contributed by atoms with Gasteiger partial charge in [-0.05, 0) is 38.1 Å². The number of likely N-dealkylation sites (tertiary alicyclic amines) is 1. The van der Waals surface area contributed by atoms with Crippen LogP contribution in [-0.4, -0.2) is 67.1 Å². The van der Waals surface area contributed by atoms with E-state index in [1.54, 1.807) is 0 Å². The molecule has 2 aliphatic heterocycles. The molecule has 0 N–H and O–H groups in total. The summed E-state index contributed by atoms with van der Waals surface area (Å²) in [5, 5.41) is 0. The van der Waals surface area contributed by atoms with Crippen LogP contribution in [0.15, 0.2) is 24.4 Å². The number of nitrogens with zero attached hydrogens (tertiary/aromatic N) is 4. The van der Waals surface area contributed by atoms with Gasteiger partial charge >= 0.3 is 0 Å². The molecule has 4 nitrogen and oxygen atoms in total. The van der Waals surface area contributed by atoms with Crippen molar-refractivity contribution in [1.29, 1.82) is 0 Å². The minimum absolute atomic E-state index is 1.11. The topological polar surface area (TPSA) is 22.6 Å². The summed E-state index contributed by atoms with van der Waals surface area (Å²) in [7, 11) is 0. The Bertz CT molecular complexity index is 393. The number of pyridine rings is 1. The lowest BCUT2D eigenvalue weighted by atomic mass is 10.2. The lowest BCUT2D eigenvalue weighted by Crippen LogP contribution is -2.48. The smallest absolute Gasteiger partial charge is 0.128 e. The highest BCUT2D eigenvalue weighted by Gasteiger charge is 2.18. The minimum Gasteiger partial charge on any atom is -0.354 e. The Kier molecular flexibility index (Phi) is 5.46. The third-order valence-corrected chi connectivity index (χ3v) is 4.78.